The van der Waals surface area contributed by atoms with Crippen molar-refractivity contribution in [3.05, 3.63) is 35.4 Å². The van der Waals surface area contributed by atoms with Crippen LogP contribution in [0.1, 0.15) is 9.80 Å². The van der Waals surface area contributed by atoms with Crippen LogP contribution in [0.25, 0.3) is 10.6 Å². The van der Waals surface area contributed by atoms with E-state index in [0.29, 0.717) is 23.0 Å². The number of Topliss-reactive ketones (excluding diaryl/α,β-unsaturated/α-hetero) is 1. The van der Waals surface area contributed by atoms with Gasteiger partial charge in [-0.15, -0.1) is 23.7 Å². The molecule has 3 heterocycles. The van der Waals surface area contributed by atoms with Crippen molar-refractivity contribution in [3.63, 3.8) is 0 Å². The molecule has 0 aliphatic carbocycles. The van der Waals surface area contributed by atoms with Gasteiger partial charge in [0, 0.05) is 25.5 Å². The average molecular weight is 330 g/mol. The molecule has 1 aliphatic rings. The number of hydrogen-bond acceptors (Lipinski definition) is 6. The molecular formula is C13H13ClFN3O2S. The molecule has 21 heavy (non-hydrogen) atoms. The quantitative estimate of drug-likeness (QED) is 0.872. The summed E-state index contributed by atoms with van der Waals surface area (Å²) in [6.45, 7) is 1.72. The molecule has 0 radical (unpaired) electrons. The first kappa shape index (κ1) is 16.0. The number of pyridine rings is 1. The van der Waals surface area contributed by atoms with Gasteiger partial charge in [-0.2, -0.15) is 0 Å². The fourth-order valence-corrected chi connectivity index (χ4v) is 2.83. The summed E-state index contributed by atoms with van der Waals surface area (Å²) in [5.41, 5.74) is 0.215. The molecule has 1 N–H and O–H groups in total. The van der Waals surface area contributed by atoms with Gasteiger partial charge in [-0.3, -0.25) is 9.78 Å². The highest BCUT2D eigenvalue weighted by atomic mass is 35.5. The Hall–Kier alpha value is -1.41. The molecule has 8 heteroatoms. The molecule has 0 aromatic carbocycles. The largest absolute Gasteiger partial charge is 0.367 e. The third-order valence-electron chi connectivity index (χ3n) is 2.93. The summed E-state index contributed by atoms with van der Waals surface area (Å²) in [5.74, 6) is -0.601. The number of nitrogens with one attached hydrogen (secondary N) is 1. The Morgan fingerprint density at radius 3 is 3.05 bits per heavy atom. The highest BCUT2D eigenvalue weighted by Gasteiger charge is 2.26. The number of hydrogen-bond donors (Lipinski definition) is 1. The van der Waals surface area contributed by atoms with E-state index in [9.17, 15) is 9.18 Å². The molecule has 0 saturated carbocycles. The molecule has 1 fully saturated rings. The van der Waals surface area contributed by atoms with Gasteiger partial charge in [-0.25, -0.2) is 9.37 Å². The Morgan fingerprint density at radius 1 is 1.48 bits per heavy atom. The zero-order valence-corrected chi connectivity index (χ0v) is 12.5. The lowest BCUT2D eigenvalue weighted by Gasteiger charge is -2.21. The number of ether oxygens (including phenoxy) is 1. The molecule has 0 unspecified atom stereocenters. The lowest BCUT2D eigenvalue weighted by molar-refractivity contribution is 0.0269. The predicted molar refractivity (Wildman–Crippen MR) is 79.5 cm³/mol. The topological polar surface area (TPSA) is 64.1 Å². The first-order chi connectivity index (χ1) is 9.75. The summed E-state index contributed by atoms with van der Waals surface area (Å²) in [7, 11) is 0. The van der Waals surface area contributed by atoms with E-state index < -0.39 is 11.9 Å². The normalized spacial score (nSPS) is 18.0. The molecule has 1 saturated heterocycles. The van der Waals surface area contributed by atoms with Crippen molar-refractivity contribution < 1.29 is 13.9 Å². The molecule has 112 valence electrons. The number of carbonyl (C=O) groups excluding carboxylic acids is 1. The van der Waals surface area contributed by atoms with Crippen molar-refractivity contribution in [2.75, 3.05) is 19.7 Å². The standard InChI is InChI=1S/C13H12FN3O2S.ClH/c14-8-2-1-3-16-11(8)10-7-17-13(20-10)12(18)9-6-15-4-5-19-9;/h1-3,7,9,15H,4-6H2;1H/t9-;/m0./s1. The van der Waals surface area contributed by atoms with E-state index in [0.717, 1.165) is 17.9 Å². The SMILES string of the molecule is Cl.O=C(c1ncc(-c2ncccc2F)s1)[C@@H]1CNCCO1. The second kappa shape index (κ2) is 7.04. The maximum Gasteiger partial charge on any atom is 0.221 e. The van der Waals surface area contributed by atoms with Crippen molar-refractivity contribution >= 4 is 29.5 Å². The van der Waals surface area contributed by atoms with E-state index >= 15 is 0 Å². The fourth-order valence-electron chi connectivity index (χ4n) is 1.94. The van der Waals surface area contributed by atoms with Crippen LogP contribution in [0.15, 0.2) is 24.5 Å². The monoisotopic (exact) mass is 329 g/mol. The van der Waals surface area contributed by atoms with Crippen molar-refractivity contribution in [1.82, 2.24) is 15.3 Å². The molecule has 0 amide bonds. The summed E-state index contributed by atoms with van der Waals surface area (Å²) in [5, 5.41) is 3.41. The first-order valence-electron chi connectivity index (χ1n) is 6.19. The van der Waals surface area contributed by atoms with E-state index in [1.165, 1.54) is 24.5 Å². The van der Waals surface area contributed by atoms with Crippen molar-refractivity contribution in [3.8, 4) is 10.6 Å². The first-order valence-corrected chi connectivity index (χ1v) is 7.00. The van der Waals surface area contributed by atoms with Crippen molar-refractivity contribution in [1.29, 1.82) is 0 Å². The zero-order valence-electron chi connectivity index (χ0n) is 10.9. The van der Waals surface area contributed by atoms with Crippen LogP contribution in [-0.2, 0) is 4.74 Å². The van der Waals surface area contributed by atoms with E-state index in [1.54, 1.807) is 0 Å². The van der Waals surface area contributed by atoms with E-state index in [4.69, 9.17) is 4.74 Å². The van der Waals surface area contributed by atoms with Crippen LogP contribution >= 0.6 is 23.7 Å². The van der Waals surface area contributed by atoms with Crippen LogP contribution in [0.3, 0.4) is 0 Å². The molecular weight excluding hydrogens is 317 g/mol. The number of aromatic nitrogens is 2. The summed E-state index contributed by atoms with van der Waals surface area (Å²) in [6.07, 6.45) is 2.46. The summed E-state index contributed by atoms with van der Waals surface area (Å²) < 4.78 is 19.0. The lowest BCUT2D eigenvalue weighted by Crippen LogP contribution is -2.43. The smallest absolute Gasteiger partial charge is 0.221 e. The molecule has 5 nitrogen and oxygen atoms in total. The molecule has 1 atom stereocenters. The van der Waals surface area contributed by atoms with E-state index in [-0.39, 0.29) is 23.9 Å². The number of morpholine rings is 1. The van der Waals surface area contributed by atoms with Crippen molar-refractivity contribution in [2.45, 2.75) is 6.10 Å². The predicted octanol–water partition coefficient (Wildman–Crippen LogP) is 1.94. The Balaban J connectivity index is 0.00000161. The number of ketones is 1. The maximum absolute atomic E-state index is 13.6. The minimum Gasteiger partial charge on any atom is -0.367 e. The van der Waals surface area contributed by atoms with Gasteiger partial charge in [0.25, 0.3) is 0 Å². The number of thiazole rings is 1. The van der Waals surface area contributed by atoms with Crippen LogP contribution in [-0.4, -0.2) is 41.6 Å². The molecule has 1 aliphatic heterocycles. The number of nitrogens with zero attached hydrogens (tertiary/aromatic N) is 2. The van der Waals surface area contributed by atoms with E-state index in [2.05, 4.69) is 15.3 Å². The summed E-state index contributed by atoms with van der Waals surface area (Å²) in [6, 6.07) is 2.85. The third-order valence-corrected chi connectivity index (χ3v) is 3.95. The van der Waals surface area contributed by atoms with Gasteiger partial charge in [-0.05, 0) is 12.1 Å². The second-order valence-corrected chi connectivity index (χ2v) is 5.32. The fraction of sp³-hybridized carbons (Fsp3) is 0.308. The average Bonchev–Trinajstić information content (AvgIpc) is 2.97. The van der Waals surface area contributed by atoms with Crippen LogP contribution in [0.4, 0.5) is 4.39 Å². The third kappa shape index (κ3) is 3.44. The Morgan fingerprint density at radius 2 is 2.33 bits per heavy atom. The highest BCUT2D eigenvalue weighted by Crippen LogP contribution is 2.27. The van der Waals surface area contributed by atoms with Crippen LogP contribution in [0.2, 0.25) is 0 Å². The highest BCUT2D eigenvalue weighted by molar-refractivity contribution is 7.17. The number of rotatable bonds is 3. The number of carbonyl (C=O) groups is 1. The summed E-state index contributed by atoms with van der Waals surface area (Å²) >= 11 is 1.13. The van der Waals surface area contributed by atoms with Gasteiger partial charge in [0.2, 0.25) is 5.78 Å². The second-order valence-electron chi connectivity index (χ2n) is 4.29. The maximum atomic E-state index is 13.6. The molecule has 0 spiro atoms. The van der Waals surface area contributed by atoms with Gasteiger partial charge in [-0.1, -0.05) is 0 Å². The minimum absolute atomic E-state index is 0. The van der Waals surface area contributed by atoms with Gasteiger partial charge in [0.1, 0.15) is 17.6 Å². The lowest BCUT2D eigenvalue weighted by atomic mass is 10.2. The molecule has 2 aromatic rings. The van der Waals surface area contributed by atoms with Gasteiger partial charge in [0.15, 0.2) is 5.01 Å². The summed E-state index contributed by atoms with van der Waals surface area (Å²) in [4.78, 5) is 20.8. The Kier molecular flexibility index (Phi) is 5.35. The van der Waals surface area contributed by atoms with Gasteiger partial charge >= 0.3 is 0 Å². The van der Waals surface area contributed by atoms with Crippen molar-refractivity contribution in [2.24, 2.45) is 0 Å². The molecule has 0 bridgehead atoms. The van der Waals surface area contributed by atoms with Crippen LogP contribution < -0.4 is 5.32 Å². The van der Waals surface area contributed by atoms with Crippen LogP contribution in [0, 0.1) is 5.82 Å². The molecule has 3 rings (SSSR count). The van der Waals surface area contributed by atoms with Gasteiger partial charge in [0.05, 0.1) is 11.5 Å². The van der Waals surface area contributed by atoms with Crippen LogP contribution in [0.5, 0.6) is 0 Å². The zero-order chi connectivity index (χ0) is 13.9. The van der Waals surface area contributed by atoms with Gasteiger partial charge < -0.3 is 10.1 Å². The Labute approximate surface area is 131 Å². The van der Waals surface area contributed by atoms with E-state index in [1.807, 2.05) is 0 Å². The Bertz CT molecular complexity index is 631. The molecule has 2 aromatic heterocycles. The minimum atomic E-state index is -0.517. The number of halogens is 2.